The van der Waals surface area contributed by atoms with Crippen LogP contribution in [-0.4, -0.2) is 31.1 Å². The summed E-state index contributed by atoms with van der Waals surface area (Å²) >= 11 is 0. The molecular formula is C15H21FN2O2. The largest absolute Gasteiger partial charge is 0.469 e. The van der Waals surface area contributed by atoms with Gasteiger partial charge in [0, 0.05) is 31.7 Å². The van der Waals surface area contributed by atoms with Crippen LogP contribution in [0.1, 0.15) is 18.1 Å². The third kappa shape index (κ3) is 3.16. The van der Waals surface area contributed by atoms with Crippen molar-refractivity contribution in [3.63, 3.8) is 0 Å². The van der Waals surface area contributed by atoms with Crippen LogP contribution in [0.25, 0.3) is 0 Å². The van der Waals surface area contributed by atoms with Gasteiger partial charge in [0.1, 0.15) is 5.82 Å². The first-order valence-electron chi connectivity index (χ1n) is 6.82. The number of hydrogen-bond donors (Lipinski definition) is 1. The second kappa shape index (κ2) is 6.33. The van der Waals surface area contributed by atoms with Crippen LogP contribution in [0.15, 0.2) is 18.2 Å². The molecule has 1 aromatic rings. The number of nitrogens with two attached hydrogens (primary N) is 1. The Morgan fingerprint density at radius 1 is 1.50 bits per heavy atom. The topological polar surface area (TPSA) is 55.6 Å². The molecule has 0 radical (unpaired) electrons. The van der Waals surface area contributed by atoms with Crippen LogP contribution < -0.4 is 5.73 Å². The molecule has 1 aromatic carbocycles. The van der Waals surface area contributed by atoms with Gasteiger partial charge in [-0.15, -0.1) is 0 Å². The van der Waals surface area contributed by atoms with E-state index in [1.54, 1.807) is 12.1 Å². The number of carbonyl (C=O) groups excluding carboxylic acids is 1. The zero-order valence-electron chi connectivity index (χ0n) is 11.9. The quantitative estimate of drug-likeness (QED) is 0.850. The maximum absolute atomic E-state index is 13.8. The van der Waals surface area contributed by atoms with Crippen LogP contribution in [-0.2, 0) is 22.6 Å². The van der Waals surface area contributed by atoms with Crippen molar-refractivity contribution in [2.24, 2.45) is 17.6 Å². The summed E-state index contributed by atoms with van der Waals surface area (Å²) in [5.41, 5.74) is 7.13. The van der Waals surface area contributed by atoms with E-state index in [-0.39, 0.29) is 23.6 Å². The van der Waals surface area contributed by atoms with Crippen molar-refractivity contribution in [3.05, 3.63) is 35.1 Å². The van der Waals surface area contributed by atoms with Crippen LogP contribution >= 0.6 is 0 Å². The Morgan fingerprint density at radius 3 is 2.90 bits per heavy atom. The smallest absolute Gasteiger partial charge is 0.310 e. The van der Waals surface area contributed by atoms with Gasteiger partial charge in [-0.2, -0.15) is 0 Å². The lowest BCUT2D eigenvalue weighted by molar-refractivity contribution is -0.146. The summed E-state index contributed by atoms with van der Waals surface area (Å²) in [6.07, 6.45) is 0. The van der Waals surface area contributed by atoms with Gasteiger partial charge in [0.05, 0.1) is 13.0 Å². The average molecular weight is 280 g/mol. The summed E-state index contributed by atoms with van der Waals surface area (Å²) in [5.74, 6) is -0.309. The highest BCUT2D eigenvalue weighted by atomic mass is 19.1. The molecule has 2 rings (SSSR count). The first-order chi connectivity index (χ1) is 9.55. The highest BCUT2D eigenvalue weighted by Gasteiger charge is 2.35. The maximum Gasteiger partial charge on any atom is 0.310 e. The zero-order valence-corrected chi connectivity index (χ0v) is 11.9. The second-order valence-electron chi connectivity index (χ2n) is 5.43. The molecular weight excluding hydrogens is 259 g/mol. The molecule has 1 heterocycles. The summed E-state index contributed by atoms with van der Waals surface area (Å²) in [6.45, 7) is 4.30. The van der Waals surface area contributed by atoms with Gasteiger partial charge in [0.25, 0.3) is 0 Å². The van der Waals surface area contributed by atoms with E-state index in [9.17, 15) is 9.18 Å². The van der Waals surface area contributed by atoms with Gasteiger partial charge in [0.15, 0.2) is 0 Å². The molecule has 0 saturated carbocycles. The fourth-order valence-corrected chi connectivity index (χ4v) is 2.77. The molecule has 20 heavy (non-hydrogen) atoms. The molecule has 2 unspecified atom stereocenters. The zero-order chi connectivity index (χ0) is 14.7. The lowest BCUT2D eigenvalue weighted by Crippen LogP contribution is -2.24. The normalized spacial score (nSPS) is 23.0. The van der Waals surface area contributed by atoms with Gasteiger partial charge in [-0.05, 0) is 17.5 Å². The molecule has 0 bridgehead atoms. The molecule has 2 N–H and O–H groups in total. The number of methoxy groups -OCH3 is 1. The van der Waals surface area contributed by atoms with Gasteiger partial charge in [-0.3, -0.25) is 9.69 Å². The summed E-state index contributed by atoms with van der Waals surface area (Å²) in [6, 6.07) is 4.95. The van der Waals surface area contributed by atoms with E-state index >= 15 is 0 Å². The van der Waals surface area contributed by atoms with Crippen LogP contribution in [0.4, 0.5) is 4.39 Å². The van der Waals surface area contributed by atoms with Crippen LogP contribution in [0.3, 0.4) is 0 Å². The van der Waals surface area contributed by atoms with Crippen molar-refractivity contribution in [3.8, 4) is 0 Å². The van der Waals surface area contributed by atoms with Crippen molar-refractivity contribution in [1.82, 2.24) is 4.90 Å². The number of hydrogen-bond acceptors (Lipinski definition) is 4. The van der Waals surface area contributed by atoms with Crippen molar-refractivity contribution in [2.45, 2.75) is 20.0 Å². The molecule has 1 aliphatic rings. The summed E-state index contributed by atoms with van der Waals surface area (Å²) in [4.78, 5) is 13.7. The number of likely N-dealkylation sites (tertiary alicyclic amines) is 1. The lowest BCUT2D eigenvalue weighted by Gasteiger charge is -2.16. The van der Waals surface area contributed by atoms with E-state index in [1.165, 1.54) is 13.2 Å². The van der Waals surface area contributed by atoms with Crippen molar-refractivity contribution < 1.29 is 13.9 Å². The Bertz CT molecular complexity index is 493. The molecule has 2 atom stereocenters. The van der Waals surface area contributed by atoms with Gasteiger partial charge in [0.2, 0.25) is 0 Å². The molecule has 1 aliphatic heterocycles. The Balaban J connectivity index is 2.06. The van der Waals surface area contributed by atoms with Crippen LogP contribution in [0, 0.1) is 17.7 Å². The minimum Gasteiger partial charge on any atom is -0.469 e. The molecule has 0 aromatic heterocycles. The summed E-state index contributed by atoms with van der Waals surface area (Å²) in [5, 5.41) is 0. The van der Waals surface area contributed by atoms with Crippen LogP contribution in [0.5, 0.6) is 0 Å². The predicted molar refractivity (Wildman–Crippen MR) is 74.2 cm³/mol. The van der Waals surface area contributed by atoms with Crippen LogP contribution in [0.2, 0.25) is 0 Å². The molecule has 4 nitrogen and oxygen atoms in total. The number of carbonyl (C=O) groups is 1. The summed E-state index contributed by atoms with van der Waals surface area (Å²) < 4.78 is 18.6. The van der Waals surface area contributed by atoms with Crippen molar-refractivity contribution >= 4 is 5.97 Å². The molecule has 0 amide bonds. The fourth-order valence-electron chi connectivity index (χ4n) is 2.77. The molecule has 0 spiro atoms. The third-order valence-corrected chi connectivity index (χ3v) is 3.93. The molecule has 110 valence electrons. The molecule has 1 fully saturated rings. The summed E-state index contributed by atoms with van der Waals surface area (Å²) in [7, 11) is 1.40. The monoisotopic (exact) mass is 280 g/mol. The Labute approximate surface area is 118 Å². The fraction of sp³-hybridized carbons (Fsp3) is 0.533. The Hall–Kier alpha value is -1.46. The van der Waals surface area contributed by atoms with Crippen molar-refractivity contribution in [2.75, 3.05) is 20.2 Å². The lowest BCUT2D eigenvalue weighted by atomic mass is 9.99. The minimum atomic E-state index is -0.226. The Morgan fingerprint density at radius 2 is 2.25 bits per heavy atom. The van der Waals surface area contributed by atoms with Gasteiger partial charge >= 0.3 is 5.97 Å². The Kier molecular flexibility index (Phi) is 4.73. The minimum absolute atomic E-state index is 0.124. The first kappa shape index (κ1) is 14.9. The third-order valence-electron chi connectivity index (χ3n) is 3.93. The average Bonchev–Trinajstić information content (AvgIpc) is 2.81. The highest BCUT2D eigenvalue weighted by Crippen LogP contribution is 2.26. The molecule has 5 heteroatoms. The highest BCUT2D eigenvalue weighted by molar-refractivity contribution is 5.73. The van der Waals surface area contributed by atoms with E-state index < -0.39 is 0 Å². The van der Waals surface area contributed by atoms with E-state index in [0.717, 1.165) is 12.1 Å². The number of rotatable bonds is 4. The molecule has 1 saturated heterocycles. The molecule has 0 aliphatic carbocycles. The second-order valence-corrected chi connectivity index (χ2v) is 5.43. The SMILES string of the molecule is COC(=O)C1CN(Cc2cc(CN)ccc2F)CC1C. The number of ether oxygens (including phenoxy) is 1. The number of nitrogens with zero attached hydrogens (tertiary/aromatic N) is 1. The van der Waals surface area contributed by atoms with Crippen molar-refractivity contribution in [1.29, 1.82) is 0 Å². The van der Waals surface area contributed by atoms with Gasteiger partial charge in [-0.1, -0.05) is 19.1 Å². The standard InChI is InChI=1S/C15H21FN2O2/c1-10-7-18(9-13(10)15(19)20-2)8-12-5-11(6-17)3-4-14(12)16/h3-5,10,13H,6-9,17H2,1-2H3. The maximum atomic E-state index is 13.8. The number of halogens is 1. The number of esters is 1. The van der Waals surface area contributed by atoms with E-state index in [0.29, 0.717) is 25.2 Å². The first-order valence-corrected chi connectivity index (χ1v) is 6.82. The van der Waals surface area contributed by atoms with E-state index in [1.807, 2.05) is 6.92 Å². The number of benzene rings is 1. The van der Waals surface area contributed by atoms with E-state index in [2.05, 4.69) is 4.90 Å². The van der Waals surface area contributed by atoms with E-state index in [4.69, 9.17) is 10.5 Å². The predicted octanol–water partition coefficient (Wildman–Crippen LogP) is 1.53. The van der Waals surface area contributed by atoms with Gasteiger partial charge < -0.3 is 10.5 Å². The van der Waals surface area contributed by atoms with Gasteiger partial charge in [-0.25, -0.2) is 4.39 Å².